The van der Waals surface area contributed by atoms with Crippen molar-refractivity contribution in [2.75, 3.05) is 12.3 Å². The second kappa shape index (κ2) is 5.35. The fourth-order valence-electron chi connectivity index (χ4n) is 1.39. The maximum Gasteiger partial charge on any atom is 0.330 e. The van der Waals surface area contributed by atoms with Gasteiger partial charge in [-0.05, 0) is 49.6 Å². The predicted molar refractivity (Wildman–Crippen MR) is 66.0 cm³/mol. The van der Waals surface area contributed by atoms with E-state index in [0.717, 1.165) is 22.4 Å². The van der Waals surface area contributed by atoms with Gasteiger partial charge in [0.2, 0.25) is 0 Å². The third kappa shape index (κ3) is 2.86. The maximum absolute atomic E-state index is 11.1. The van der Waals surface area contributed by atoms with Crippen LogP contribution in [0.4, 0.5) is 5.69 Å². The van der Waals surface area contributed by atoms with Crippen LogP contribution >= 0.6 is 0 Å². The van der Waals surface area contributed by atoms with Crippen LogP contribution in [0.5, 0.6) is 0 Å². The van der Waals surface area contributed by atoms with E-state index in [1.54, 1.807) is 13.0 Å². The van der Waals surface area contributed by atoms with E-state index in [-0.39, 0.29) is 5.97 Å². The number of nitrogens with two attached hydrogens (primary N) is 1. The Hall–Kier alpha value is -1.77. The van der Waals surface area contributed by atoms with Crippen LogP contribution in [0.15, 0.2) is 18.2 Å². The quantitative estimate of drug-likeness (QED) is 0.482. The van der Waals surface area contributed by atoms with Crippen LogP contribution in [-0.2, 0) is 9.53 Å². The van der Waals surface area contributed by atoms with Gasteiger partial charge in [0.25, 0.3) is 0 Å². The molecule has 0 heterocycles. The topological polar surface area (TPSA) is 52.3 Å². The monoisotopic (exact) mass is 219 g/mol. The highest BCUT2D eigenvalue weighted by atomic mass is 16.5. The molecule has 0 saturated carbocycles. The van der Waals surface area contributed by atoms with Gasteiger partial charge in [0, 0.05) is 11.8 Å². The van der Waals surface area contributed by atoms with Crippen molar-refractivity contribution in [3.05, 3.63) is 34.9 Å². The Bertz CT molecular complexity index is 422. The summed E-state index contributed by atoms with van der Waals surface area (Å²) in [5.74, 6) is -0.323. The molecule has 3 nitrogen and oxygen atoms in total. The van der Waals surface area contributed by atoms with Gasteiger partial charge in [0.15, 0.2) is 0 Å². The number of carbonyl (C=O) groups is 1. The third-order valence-electron chi connectivity index (χ3n) is 2.56. The van der Waals surface area contributed by atoms with Gasteiger partial charge < -0.3 is 10.5 Å². The number of nitrogen functional groups attached to an aromatic ring is 1. The van der Waals surface area contributed by atoms with Crippen molar-refractivity contribution in [2.24, 2.45) is 0 Å². The first-order chi connectivity index (χ1) is 7.56. The lowest BCUT2D eigenvalue weighted by Gasteiger charge is -2.07. The van der Waals surface area contributed by atoms with Gasteiger partial charge in [-0.2, -0.15) is 0 Å². The van der Waals surface area contributed by atoms with E-state index < -0.39 is 0 Å². The lowest BCUT2D eigenvalue weighted by Crippen LogP contribution is -1.99. The molecule has 0 atom stereocenters. The standard InChI is InChI=1S/C13H17NO2/c1-4-16-13(15)8-6-11-5-7-12(14)10(3)9(11)2/h5-8H,4,14H2,1-3H3. The van der Waals surface area contributed by atoms with Crippen LogP contribution < -0.4 is 5.73 Å². The summed E-state index contributed by atoms with van der Waals surface area (Å²) < 4.78 is 4.81. The second-order valence-corrected chi connectivity index (χ2v) is 3.58. The average Bonchev–Trinajstić information content (AvgIpc) is 2.25. The summed E-state index contributed by atoms with van der Waals surface area (Å²) in [6.07, 6.45) is 3.18. The first-order valence-corrected chi connectivity index (χ1v) is 5.26. The van der Waals surface area contributed by atoms with Crippen LogP contribution in [0.2, 0.25) is 0 Å². The fraction of sp³-hybridized carbons (Fsp3) is 0.308. The highest BCUT2D eigenvalue weighted by molar-refractivity contribution is 5.87. The Labute approximate surface area is 95.9 Å². The van der Waals surface area contributed by atoms with Gasteiger partial charge >= 0.3 is 5.97 Å². The van der Waals surface area contributed by atoms with E-state index in [4.69, 9.17) is 10.5 Å². The molecule has 1 rings (SSSR count). The summed E-state index contributed by atoms with van der Waals surface area (Å²) in [5.41, 5.74) is 9.66. The molecule has 16 heavy (non-hydrogen) atoms. The first kappa shape index (κ1) is 12.3. The number of esters is 1. The first-order valence-electron chi connectivity index (χ1n) is 5.26. The van der Waals surface area contributed by atoms with Crippen molar-refractivity contribution in [3.8, 4) is 0 Å². The zero-order valence-electron chi connectivity index (χ0n) is 9.91. The smallest absolute Gasteiger partial charge is 0.330 e. The summed E-state index contributed by atoms with van der Waals surface area (Å²) in [6, 6.07) is 3.74. The molecule has 2 N–H and O–H groups in total. The van der Waals surface area contributed by atoms with E-state index in [1.807, 2.05) is 26.0 Å². The SMILES string of the molecule is CCOC(=O)C=Cc1ccc(N)c(C)c1C. The minimum atomic E-state index is -0.323. The molecule has 86 valence electrons. The highest BCUT2D eigenvalue weighted by Gasteiger charge is 2.02. The molecule has 0 saturated heterocycles. The molecule has 0 aliphatic rings. The number of carbonyl (C=O) groups excluding carboxylic acids is 1. The summed E-state index contributed by atoms with van der Waals surface area (Å²) in [6.45, 7) is 6.12. The van der Waals surface area contributed by atoms with Crippen molar-refractivity contribution in [1.29, 1.82) is 0 Å². The molecule has 1 aromatic carbocycles. The fourth-order valence-corrected chi connectivity index (χ4v) is 1.39. The van der Waals surface area contributed by atoms with Gasteiger partial charge in [-0.1, -0.05) is 6.07 Å². The molecule has 0 unspecified atom stereocenters. The summed E-state index contributed by atoms with van der Waals surface area (Å²) in [4.78, 5) is 11.1. The van der Waals surface area contributed by atoms with E-state index in [1.165, 1.54) is 6.08 Å². The Morgan fingerprint density at radius 3 is 2.69 bits per heavy atom. The lowest BCUT2D eigenvalue weighted by molar-refractivity contribution is -0.137. The predicted octanol–water partition coefficient (Wildman–Crippen LogP) is 2.46. The minimum absolute atomic E-state index is 0.323. The van der Waals surface area contributed by atoms with Gasteiger partial charge in [-0.3, -0.25) is 0 Å². The average molecular weight is 219 g/mol. The van der Waals surface area contributed by atoms with E-state index in [0.29, 0.717) is 6.61 Å². The van der Waals surface area contributed by atoms with Gasteiger partial charge in [-0.25, -0.2) is 4.79 Å². The third-order valence-corrected chi connectivity index (χ3v) is 2.56. The van der Waals surface area contributed by atoms with Crippen LogP contribution in [0.1, 0.15) is 23.6 Å². The molecule has 0 radical (unpaired) electrons. The molecular formula is C13H17NO2. The van der Waals surface area contributed by atoms with Crippen LogP contribution in [-0.4, -0.2) is 12.6 Å². The largest absolute Gasteiger partial charge is 0.463 e. The minimum Gasteiger partial charge on any atom is -0.463 e. The number of anilines is 1. The summed E-state index contributed by atoms with van der Waals surface area (Å²) in [7, 11) is 0. The molecule has 0 aliphatic heterocycles. The van der Waals surface area contributed by atoms with Crippen LogP contribution in [0, 0.1) is 13.8 Å². The molecule has 0 fully saturated rings. The van der Waals surface area contributed by atoms with Gasteiger partial charge in [0.1, 0.15) is 0 Å². The summed E-state index contributed by atoms with van der Waals surface area (Å²) in [5, 5.41) is 0. The number of hydrogen-bond acceptors (Lipinski definition) is 3. The summed E-state index contributed by atoms with van der Waals surface area (Å²) >= 11 is 0. The normalized spacial score (nSPS) is 10.7. The molecule has 0 aromatic heterocycles. The van der Waals surface area contributed by atoms with Crippen molar-refractivity contribution in [1.82, 2.24) is 0 Å². The molecule has 0 aliphatic carbocycles. The Balaban J connectivity index is 2.90. The van der Waals surface area contributed by atoms with E-state index in [9.17, 15) is 4.79 Å². The second-order valence-electron chi connectivity index (χ2n) is 3.58. The van der Waals surface area contributed by atoms with Crippen LogP contribution in [0.25, 0.3) is 6.08 Å². The number of ether oxygens (including phenoxy) is 1. The van der Waals surface area contributed by atoms with Gasteiger partial charge in [-0.15, -0.1) is 0 Å². The van der Waals surface area contributed by atoms with E-state index >= 15 is 0 Å². The maximum atomic E-state index is 11.1. The Morgan fingerprint density at radius 1 is 1.38 bits per heavy atom. The van der Waals surface area contributed by atoms with Crippen molar-refractivity contribution in [2.45, 2.75) is 20.8 Å². The Morgan fingerprint density at radius 2 is 2.06 bits per heavy atom. The molecule has 0 amide bonds. The zero-order chi connectivity index (χ0) is 12.1. The van der Waals surface area contributed by atoms with Crippen molar-refractivity contribution in [3.63, 3.8) is 0 Å². The van der Waals surface area contributed by atoms with Crippen molar-refractivity contribution < 1.29 is 9.53 Å². The van der Waals surface area contributed by atoms with E-state index in [2.05, 4.69) is 0 Å². The number of rotatable bonds is 3. The molecule has 0 bridgehead atoms. The molecular weight excluding hydrogens is 202 g/mol. The molecule has 0 spiro atoms. The van der Waals surface area contributed by atoms with Crippen molar-refractivity contribution >= 4 is 17.7 Å². The molecule has 3 heteroatoms. The zero-order valence-corrected chi connectivity index (χ0v) is 9.91. The number of benzene rings is 1. The highest BCUT2D eigenvalue weighted by Crippen LogP contribution is 2.20. The number of hydrogen-bond donors (Lipinski definition) is 1. The van der Waals surface area contributed by atoms with Crippen LogP contribution in [0.3, 0.4) is 0 Å². The molecule has 1 aromatic rings. The Kier molecular flexibility index (Phi) is 4.11. The van der Waals surface area contributed by atoms with Gasteiger partial charge in [0.05, 0.1) is 6.61 Å². The lowest BCUT2D eigenvalue weighted by atomic mass is 10.0.